The number of nitrogens with zero attached hydrogens (tertiary/aromatic N) is 1. The molecule has 1 aromatic carbocycles. The van der Waals surface area contributed by atoms with E-state index in [2.05, 4.69) is 9.97 Å². The standard InChI is InChI=1S/C16H11FN2OS/c17-13-3-1-11(2-4-13)15-9-14(10-21-20)19-16(15)12-5-7-18-8-6-12/h1-10,19H. The highest BCUT2D eigenvalue weighted by molar-refractivity contribution is 7.65. The van der Waals surface area contributed by atoms with Gasteiger partial charge in [0.15, 0.2) is 0 Å². The predicted octanol–water partition coefficient (Wildman–Crippen LogP) is 3.25. The van der Waals surface area contributed by atoms with Crippen LogP contribution in [0.2, 0.25) is 0 Å². The van der Waals surface area contributed by atoms with E-state index in [1.165, 1.54) is 17.5 Å². The number of aromatic amines is 1. The van der Waals surface area contributed by atoms with E-state index in [1.54, 1.807) is 24.5 Å². The molecule has 104 valence electrons. The summed E-state index contributed by atoms with van der Waals surface area (Å²) in [6.07, 6.45) is 3.41. The van der Waals surface area contributed by atoms with Crippen LogP contribution in [0.1, 0.15) is 5.69 Å². The first kappa shape index (κ1) is 13.5. The lowest BCUT2D eigenvalue weighted by molar-refractivity contribution is 0.628. The monoisotopic (exact) mass is 298 g/mol. The topological polar surface area (TPSA) is 45.8 Å². The number of H-pyrrole nitrogens is 1. The highest BCUT2D eigenvalue weighted by atomic mass is 32.1. The summed E-state index contributed by atoms with van der Waals surface area (Å²) in [7, 11) is 0. The maximum absolute atomic E-state index is 13.1. The number of hydrogen-bond donors (Lipinski definition) is 1. The fraction of sp³-hybridized carbons (Fsp3) is 0. The van der Waals surface area contributed by atoms with Crippen molar-refractivity contribution in [3.05, 3.63) is 66.4 Å². The Labute approximate surface area is 124 Å². The minimum atomic E-state index is -0.276. The van der Waals surface area contributed by atoms with Crippen LogP contribution < -0.4 is 0 Å². The lowest BCUT2D eigenvalue weighted by Gasteiger charge is -2.04. The van der Waals surface area contributed by atoms with Gasteiger partial charge < -0.3 is 4.98 Å². The smallest absolute Gasteiger partial charge is 0.123 e. The summed E-state index contributed by atoms with van der Waals surface area (Å²) in [5.74, 6) is -0.276. The Morgan fingerprint density at radius 1 is 1.05 bits per heavy atom. The van der Waals surface area contributed by atoms with Crippen LogP contribution in [-0.4, -0.2) is 19.5 Å². The quantitative estimate of drug-likeness (QED) is 0.754. The Morgan fingerprint density at radius 2 is 1.76 bits per heavy atom. The number of rotatable bonds is 3. The van der Waals surface area contributed by atoms with Gasteiger partial charge in [0.2, 0.25) is 0 Å². The molecule has 3 aromatic rings. The number of pyridine rings is 1. The molecule has 0 fully saturated rings. The molecule has 0 radical (unpaired) electrons. The molecular formula is C16H11FN2OS. The maximum atomic E-state index is 13.1. The third-order valence-corrected chi connectivity index (χ3v) is 3.49. The van der Waals surface area contributed by atoms with Crippen LogP contribution in [0.25, 0.3) is 22.4 Å². The van der Waals surface area contributed by atoms with Gasteiger partial charge in [-0.2, -0.15) is 0 Å². The Kier molecular flexibility index (Phi) is 3.75. The van der Waals surface area contributed by atoms with Gasteiger partial charge in [-0.3, -0.25) is 4.98 Å². The van der Waals surface area contributed by atoms with Gasteiger partial charge in [0.05, 0.1) is 28.0 Å². The van der Waals surface area contributed by atoms with Gasteiger partial charge >= 0.3 is 0 Å². The lowest BCUT2D eigenvalue weighted by Crippen LogP contribution is -1.84. The molecule has 0 unspecified atom stereocenters. The molecule has 0 amide bonds. The molecule has 3 rings (SSSR count). The molecule has 3 nitrogen and oxygen atoms in total. The van der Waals surface area contributed by atoms with Crippen LogP contribution in [0.4, 0.5) is 4.39 Å². The number of aromatic nitrogens is 2. The first-order chi connectivity index (χ1) is 10.3. The van der Waals surface area contributed by atoms with Crippen molar-refractivity contribution in [2.24, 2.45) is 0 Å². The first-order valence-electron chi connectivity index (χ1n) is 6.29. The zero-order valence-electron chi connectivity index (χ0n) is 10.9. The summed E-state index contributed by atoms with van der Waals surface area (Å²) in [5.41, 5.74) is 4.36. The summed E-state index contributed by atoms with van der Waals surface area (Å²) in [4.78, 5) is 7.22. The van der Waals surface area contributed by atoms with Crippen molar-refractivity contribution < 1.29 is 8.60 Å². The molecule has 0 aliphatic heterocycles. The predicted molar refractivity (Wildman–Crippen MR) is 82.7 cm³/mol. The van der Waals surface area contributed by atoms with Gasteiger partial charge in [-0.05, 0) is 35.9 Å². The molecule has 2 heterocycles. The van der Waals surface area contributed by atoms with Crippen LogP contribution in [-0.2, 0) is 11.3 Å². The van der Waals surface area contributed by atoms with Gasteiger partial charge in [-0.15, -0.1) is 0 Å². The van der Waals surface area contributed by atoms with Crippen LogP contribution in [0.5, 0.6) is 0 Å². The number of halogens is 1. The first-order valence-corrected chi connectivity index (χ1v) is 7.09. The van der Waals surface area contributed by atoms with Crippen molar-refractivity contribution in [1.82, 2.24) is 9.97 Å². The SMILES string of the molecule is O=S=Cc1cc(-c2ccc(F)cc2)c(-c2ccncc2)[nH]1. The minimum Gasteiger partial charge on any atom is -0.354 e. The third kappa shape index (κ3) is 2.83. The van der Waals surface area contributed by atoms with Crippen LogP contribution in [0.3, 0.4) is 0 Å². The summed E-state index contributed by atoms with van der Waals surface area (Å²) < 4.78 is 23.8. The van der Waals surface area contributed by atoms with Crippen LogP contribution in [0, 0.1) is 5.82 Å². The van der Waals surface area contributed by atoms with E-state index in [4.69, 9.17) is 0 Å². The molecule has 1 N–H and O–H groups in total. The van der Waals surface area contributed by atoms with Gasteiger partial charge in [-0.1, -0.05) is 12.1 Å². The summed E-state index contributed by atoms with van der Waals surface area (Å²) in [5, 5.41) is 1.50. The van der Waals surface area contributed by atoms with E-state index in [9.17, 15) is 8.60 Å². The Morgan fingerprint density at radius 3 is 2.43 bits per heavy atom. The molecule has 0 atom stereocenters. The molecule has 0 saturated carbocycles. The average molecular weight is 298 g/mol. The average Bonchev–Trinajstić information content (AvgIpc) is 2.93. The fourth-order valence-electron chi connectivity index (χ4n) is 2.19. The van der Waals surface area contributed by atoms with Crippen molar-refractivity contribution in [3.8, 4) is 22.4 Å². The zero-order chi connectivity index (χ0) is 14.7. The van der Waals surface area contributed by atoms with E-state index in [0.29, 0.717) is 11.3 Å². The second-order valence-electron chi connectivity index (χ2n) is 4.47. The van der Waals surface area contributed by atoms with E-state index in [1.807, 2.05) is 18.2 Å². The second-order valence-corrected chi connectivity index (χ2v) is 4.90. The molecule has 21 heavy (non-hydrogen) atoms. The molecule has 0 aliphatic carbocycles. The largest absolute Gasteiger partial charge is 0.354 e. The van der Waals surface area contributed by atoms with E-state index in [-0.39, 0.29) is 5.82 Å². The molecule has 2 aromatic heterocycles. The fourth-order valence-corrected chi connectivity index (χ4v) is 2.42. The number of benzene rings is 1. The molecular weight excluding hydrogens is 287 g/mol. The summed E-state index contributed by atoms with van der Waals surface area (Å²) in [6.45, 7) is 0. The van der Waals surface area contributed by atoms with E-state index < -0.39 is 0 Å². The van der Waals surface area contributed by atoms with Gasteiger partial charge in [-0.25, -0.2) is 8.60 Å². The van der Waals surface area contributed by atoms with Crippen LogP contribution >= 0.6 is 0 Å². The normalized spacial score (nSPS) is 10.3. The zero-order valence-corrected chi connectivity index (χ0v) is 11.7. The highest BCUT2D eigenvalue weighted by Crippen LogP contribution is 2.32. The van der Waals surface area contributed by atoms with Gasteiger partial charge in [0.25, 0.3) is 0 Å². The lowest BCUT2D eigenvalue weighted by atomic mass is 10.0. The van der Waals surface area contributed by atoms with Crippen molar-refractivity contribution in [1.29, 1.82) is 0 Å². The Bertz CT molecular complexity index is 806. The Balaban J connectivity index is 2.18. The van der Waals surface area contributed by atoms with Crippen molar-refractivity contribution in [3.63, 3.8) is 0 Å². The Hall–Kier alpha value is -2.53. The molecule has 5 heteroatoms. The molecule has 0 spiro atoms. The highest BCUT2D eigenvalue weighted by Gasteiger charge is 2.11. The second kappa shape index (κ2) is 5.85. The van der Waals surface area contributed by atoms with Crippen molar-refractivity contribution >= 4 is 16.6 Å². The summed E-state index contributed by atoms with van der Waals surface area (Å²) in [6, 6.07) is 11.9. The van der Waals surface area contributed by atoms with E-state index >= 15 is 0 Å². The molecule has 0 bridgehead atoms. The van der Waals surface area contributed by atoms with Gasteiger partial charge in [0.1, 0.15) is 5.82 Å². The van der Waals surface area contributed by atoms with Crippen molar-refractivity contribution in [2.75, 3.05) is 0 Å². The van der Waals surface area contributed by atoms with Gasteiger partial charge in [0, 0.05) is 23.5 Å². The molecule has 0 saturated heterocycles. The van der Waals surface area contributed by atoms with Crippen molar-refractivity contribution in [2.45, 2.75) is 0 Å². The number of hydrogen-bond acceptors (Lipinski definition) is 2. The number of nitrogens with one attached hydrogen (secondary N) is 1. The maximum Gasteiger partial charge on any atom is 0.123 e. The van der Waals surface area contributed by atoms with E-state index in [0.717, 1.165) is 28.1 Å². The third-order valence-electron chi connectivity index (χ3n) is 3.14. The minimum absolute atomic E-state index is 0.276. The summed E-state index contributed by atoms with van der Waals surface area (Å²) >= 11 is 0.391. The van der Waals surface area contributed by atoms with Crippen LogP contribution in [0.15, 0.2) is 54.9 Å². The molecule has 0 aliphatic rings.